The van der Waals surface area contributed by atoms with Gasteiger partial charge in [-0.25, -0.2) is 9.78 Å². The first-order valence-corrected chi connectivity index (χ1v) is 11.0. The molecule has 1 aliphatic carbocycles. The van der Waals surface area contributed by atoms with E-state index in [1.165, 1.54) is 37.7 Å². The maximum atomic E-state index is 12.2. The van der Waals surface area contributed by atoms with E-state index in [1.807, 2.05) is 6.92 Å². The van der Waals surface area contributed by atoms with E-state index in [0.717, 1.165) is 11.3 Å². The van der Waals surface area contributed by atoms with Crippen molar-refractivity contribution in [1.29, 1.82) is 0 Å². The summed E-state index contributed by atoms with van der Waals surface area (Å²) in [4.78, 5) is 23.5. The van der Waals surface area contributed by atoms with Crippen LogP contribution in [0.3, 0.4) is 0 Å². The Morgan fingerprint density at radius 1 is 1.10 bits per heavy atom. The SMILES string of the molecule is C[C@@H]1CN(c2nc(Nc3ccc(C4CCCCC4)cc3)c3c(n2)C(=O)OC3)CCO1. The van der Waals surface area contributed by atoms with Gasteiger partial charge in [0, 0.05) is 18.8 Å². The summed E-state index contributed by atoms with van der Waals surface area (Å²) in [5.41, 5.74) is 3.45. The zero-order valence-corrected chi connectivity index (χ0v) is 17.4. The number of nitrogens with zero attached hydrogens (tertiary/aromatic N) is 3. The minimum atomic E-state index is -0.384. The molecule has 1 N–H and O–H groups in total. The van der Waals surface area contributed by atoms with Crippen molar-refractivity contribution in [3.05, 3.63) is 41.1 Å². The number of rotatable bonds is 4. The lowest BCUT2D eigenvalue weighted by Gasteiger charge is -2.31. The van der Waals surface area contributed by atoms with Crippen molar-refractivity contribution in [2.75, 3.05) is 29.9 Å². The van der Waals surface area contributed by atoms with Gasteiger partial charge in [-0.15, -0.1) is 0 Å². The first-order valence-electron chi connectivity index (χ1n) is 11.0. The van der Waals surface area contributed by atoms with Crippen LogP contribution < -0.4 is 10.2 Å². The maximum Gasteiger partial charge on any atom is 0.357 e. The Morgan fingerprint density at radius 3 is 2.67 bits per heavy atom. The first-order chi connectivity index (χ1) is 14.7. The van der Waals surface area contributed by atoms with Gasteiger partial charge in [-0.3, -0.25) is 0 Å². The van der Waals surface area contributed by atoms with E-state index in [-0.39, 0.29) is 18.7 Å². The second-order valence-corrected chi connectivity index (χ2v) is 8.48. The van der Waals surface area contributed by atoms with Gasteiger partial charge < -0.3 is 19.7 Å². The average molecular weight is 409 g/mol. The molecule has 3 heterocycles. The second-order valence-electron chi connectivity index (χ2n) is 8.48. The molecule has 0 amide bonds. The van der Waals surface area contributed by atoms with Gasteiger partial charge in [0.05, 0.1) is 18.3 Å². The summed E-state index contributed by atoms with van der Waals surface area (Å²) in [7, 11) is 0. The van der Waals surface area contributed by atoms with Crippen LogP contribution in [0.25, 0.3) is 0 Å². The van der Waals surface area contributed by atoms with E-state index in [2.05, 4.69) is 39.5 Å². The maximum absolute atomic E-state index is 12.2. The number of benzene rings is 1. The van der Waals surface area contributed by atoms with Crippen LogP contribution in [0.2, 0.25) is 0 Å². The molecule has 0 unspecified atom stereocenters. The van der Waals surface area contributed by atoms with Crippen LogP contribution in [-0.4, -0.2) is 41.7 Å². The number of carbonyl (C=O) groups is 1. The van der Waals surface area contributed by atoms with E-state index in [1.54, 1.807) is 0 Å². The fourth-order valence-corrected chi connectivity index (χ4v) is 4.64. The highest BCUT2D eigenvalue weighted by Crippen LogP contribution is 2.34. The summed E-state index contributed by atoms with van der Waals surface area (Å²) in [5, 5.41) is 3.40. The van der Waals surface area contributed by atoms with Crippen LogP contribution in [0.4, 0.5) is 17.5 Å². The average Bonchev–Trinajstić information content (AvgIpc) is 3.16. The van der Waals surface area contributed by atoms with Crippen molar-refractivity contribution in [2.45, 2.75) is 57.7 Å². The van der Waals surface area contributed by atoms with E-state index in [9.17, 15) is 4.79 Å². The van der Waals surface area contributed by atoms with E-state index >= 15 is 0 Å². The van der Waals surface area contributed by atoms with Crippen LogP contribution in [0.5, 0.6) is 0 Å². The number of anilines is 3. The van der Waals surface area contributed by atoms with Crippen molar-refractivity contribution in [3.8, 4) is 0 Å². The summed E-state index contributed by atoms with van der Waals surface area (Å²) >= 11 is 0. The molecule has 5 rings (SSSR count). The molecular formula is C23H28N4O3. The smallest absolute Gasteiger partial charge is 0.357 e. The standard InChI is InChI=1S/C23H28N4O3/c1-15-13-27(11-12-29-15)23-25-20-19(14-30-22(20)28)21(26-23)24-18-9-7-17(8-10-18)16-5-3-2-4-6-16/h7-10,15-16H,2-6,11-14H2,1H3,(H,24,25,26)/t15-/m1/s1. The molecule has 1 aromatic heterocycles. The highest BCUT2D eigenvalue weighted by molar-refractivity contribution is 5.93. The molecule has 2 aromatic rings. The lowest BCUT2D eigenvalue weighted by molar-refractivity contribution is 0.0524. The molecule has 0 spiro atoms. The number of esters is 1. The number of morpholine rings is 1. The summed E-state index contributed by atoms with van der Waals surface area (Å²) in [6, 6.07) is 8.64. The third kappa shape index (κ3) is 3.86. The Labute approximate surface area is 176 Å². The molecule has 2 fully saturated rings. The monoisotopic (exact) mass is 408 g/mol. The number of hydrogen-bond donors (Lipinski definition) is 1. The van der Waals surface area contributed by atoms with Gasteiger partial charge in [-0.1, -0.05) is 31.4 Å². The van der Waals surface area contributed by atoms with Gasteiger partial charge in [0.2, 0.25) is 5.95 Å². The van der Waals surface area contributed by atoms with Crippen LogP contribution in [-0.2, 0) is 16.1 Å². The Hall–Kier alpha value is -2.67. The second kappa shape index (κ2) is 8.22. The third-order valence-corrected chi connectivity index (χ3v) is 6.31. The molecule has 7 heteroatoms. The number of aromatic nitrogens is 2. The summed E-state index contributed by atoms with van der Waals surface area (Å²) in [6.45, 7) is 4.26. The van der Waals surface area contributed by atoms with Gasteiger partial charge in [-0.2, -0.15) is 4.98 Å². The normalized spacial score (nSPS) is 22.0. The van der Waals surface area contributed by atoms with Crippen molar-refractivity contribution in [3.63, 3.8) is 0 Å². The molecule has 3 aliphatic rings. The summed E-state index contributed by atoms with van der Waals surface area (Å²) in [6.07, 6.45) is 6.69. The quantitative estimate of drug-likeness (QED) is 0.761. The zero-order valence-electron chi connectivity index (χ0n) is 17.4. The number of carbonyl (C=O) groups excluding carboxylic acids is 1. The predicted octanol–water partition coefficient (Wildman–Crippen LogP) is 4.16. The van der Waals surface area contributed by atoms with Crippen LogP contribution in [0, 0.1) is 0 Å². The molecule has 0 bridgehead atoms. The number of hydrogen-bond acceptors (Lipinski definition) is 7. The fourth-order valence-electron chi connectivity index (χ4n) is 4.64. The third-order valence-electron chi connectivity index (χ3n) is 6.31. The Kier molecular flexibility index (Phi) is 5.29. The molecule has 1 saturated heterocycles. The lowest BCUT2D eigenvalue weighted by Crippen LogP contribution is -2.42. The zero-order chi connectivity index (χ0) is 20.5. The van der Waals surface area contributed by atoms with E-state index in [0.29, 0.717) is 43.1 Å². The molecule has 1 atom stereocenters. The van der Waals surface area contributed by atoms with Gasteiger partial charge >= 0.3 is 5.97 Å². The largest absolute Gasteiger partial charge is 0.456 e. The predicted molar refractivity (Wildman–Crippen MR) is 114 cm³/mol. The van der Waals surface area contributed by atoms with Crippen molar-refractivity contribution < 1.29 is 14.3 Å². The number of ether oxygens (including phenoxy) is 2. The van der Waals surface area contributed by atoms with Gasteiger partial charge in [-0.05, 0) is 43.4 Å². The molecule has 158 valence electrons. The van der Waals surface area contributed by atoms with Crippen LogP contribution in [0.1, 0.15) is 66.6 Å². The molecule has 0 radical (unpaired) electrons. The van der Waals surface area contributed by atoms with Gasteiger partial charge in [0.25, 0.3) is 0 Å². The summed E-state index contributed by atoms with van der Waals surface area (Å²) < 4.78 is 10.9. The molecule has 7 nitrogen and oxygen atoms in total. The van der Waals surface area contributed by atoms with Crippen LogP contribution in [0.15, 0.2) is 24.3 Å². The molecular weight excluding hydrogens is 380 g/mol. The van der Waals surface area contributed by atoms with Crippen molar-refractivity contribution >= 4 is 23.4 Å². The molecule has 30 heavy (non-hydrogen) atoms. The summed E-state index contributed by atoms with van der Waals surface area (Å²) in [5.74, 6) is 1.48. The highest BCUT2D eigenvalue weighted by Gasteiger charge is 2.30. The van der Waals surface area contributed by atoms with Gasteiger partial charge in [0.15, 0.2) is 5.69 Å². The molecule has 2 aliphatic heterocycles. The Balaban J connectivity index is 1.40. The molecule has 1 aromatic carbocycles. The Bertz CT molecular complexity index is 925. The number of cyclic esters (lactones) is 1. The van der Waals surface area contributed by atoms with E-state index in [4.69, 9.17) is 14.5 Å². The topological polar surface area (TPSA) is 76.6 Å². The minimum absolute atomic E-state index is 0.103. The van der Waals surface area contributed by atoms with Crippen molar-refractivity contribution in [2.24, 2.45) is 0 Å². The lowest BCUT2D eigenvalue weighted by atomic mass is 9.84. The minimum Gasteiger partial charge on any atom is -0.456 e. The highest BCUT2D eigenvalue weighted by atomic mass is 16.5. The Morgan fingerprint density at radius 2 is 1.90 bits per heavy atom. The van der Waals surface area contributed by atoms with Gasteiger partial charge in [0.1, 0.15) is 12.4 Å². The first kappa shape index (κ1) is 19.3. The molecule has 1 saturated carbocycles. The fraction of sp³-hybridized carbons (Fsp3) is 0.522. The number of nitrogens with one attached hydrogen (secondary N) is 1. The van der Waals surface area contributed by atoms with E-state index < -0.39 is 0 Å². The van der Waals surface area contributed by atoms with Crippen LogP contribution >= 0.6 is 0 Å². The number of fused-ring (bicyclic) bond motifs is 1. The van der Waals surface area contributed by atoms with Crippen molar-refractivity contribution in [1.82, 2.24) is 9.97 Å².